The molecule has 3 rings (SSSR count). The van der Waals surface area contributed by atoms with Crippen molar-refractivity contribution in [3.63, 3.8) is 0 Å². The Morgan fingerprint density at radius 3 is 2.48 bits per heavy atom. The molecular weight excluding hydrogens is 395 g/mol. The number of rotatable bonds is 2. The number of nitrogens with one attached hydrogen (secondary N) is 1. The van der Waals surface area contributed by atoms with Gasteiger partial charge < -0.3 is 5.32 Å². The topological polar surface area (TPSA) is 41.5 Å². The summed E-state index contributed by atoms with van der Waals surface area (Å²) in [7, 11) is 0. The van der Waals surface area contributed by atoms with Crippen molar-refractivity contribution >= 4 is 57.2 Å². The van der Waals surface area contributed by atoms with Crippen LogP contribution in [0.1, 0.15) is 5.56 Å². The van der Waals surface area contributed by atoms with E-state index in [4.69, 9.17) is 0 Å². The smallest absolute Gasteiger partial charge is 0.264 e. The van der Waals surface area contributed by atoms with Crippen molar-refractivity contribution in [3.05, 3.63) is 68.6 Å². The van der Waals surface area contributed by atoms with E-state index in [1.54, 1.807) is 0 Å². The molecule has 1 heterocycles. The number of thioether (sulfide) groups is 1. The summed E-state index contributed by atoms with van der Waals surface area (Å²) in [5, 5.41) is 3.40. The first-order valence-electron chi connectivity index (χ1n) is 6.31. The van der Waals surface area contributed by atoms with Crippen LogP contribution in [-0.4, -0.2) is 11.1 Å². The van der Waals surface area contributed by atoms with Gasteiger partial charge in [-0.05, 0) is 70.3 Å². The first-order chi connectivity index (χ1) is 10.2. The summed E-state index contributed by atoms with van der Waals surface area (Å²) >= 11 is 3.62. The molecule has 1 N–H and O–H groups in total. The number of hydrogen-bond donors (Lipinski definition) is 1. The summed E-state index contributed by atoms with van der Waals surface area (Å²) in [6.45, 7) is 0. The van der Waals surface area contributed by atoms with E-state index in [2.05, 4.69) is 32.9 Å². The fourth-order valence-electron chi connectivity index (χ4n) is 1.81. The van der Waals surface area contributed by atoms with Crippen molar-refractivity contribution in [3.8, 4) is 0 Å². The highest BCUT2D eigenvalue weighted by molar-refractivity contribution is 14.1. The highest BCUT2D eigenvalue weighted by atomic mass is 127. The van der Waals surface area contributed by atoms with Crippen LogP contribution in [0.15, 0.2) is 64.5 Å². The van der Waals surface area contributed by atoms with Crippen LogP contribution in [-0.2, 0) is 4.79 Å². The maximum Gasteiger partial charge on any atom is 0.264 e. The Bertz CT molecular complexity index is 724. The predicted octanol–water partition coefficient (Wildman–Crippen LogP) is 4.18. The minimum Gasteiger partial charge on any atom is -0.300 e. The van der Waals surface area contributed by atoms with Gasteiger partial charge in [-0.1, -0.05) is 30.3 Å². The SMILES string of the molecule is O=C1NC(=Nc2ccccc2)S/C1=C/c1ccc(I)cc1. The standard InChI is InChI=1S/C16H11IN2OS/c17-12-8-6-11(7-9-12)10-14-15(20)19-16(21-14)18-13-4-2-1-3-5-13/h1-10H,(H,18,19,20)/b14-10+. The normalized spacial score (nSPS) is 18.2. The Balaban J connectivity index is 1.82. The van der Waals surface area contributed by atoms with Crippen LogP contribution in [0.4, 0.5) is 5.69 Å². The van der Waals surface area contributed by atoms with Gasteiger partial charge in [0.05, 0.1) is 10.6 Å². The number of para-hydroxylation sites is 1. The molecule has 0 radical (unpaired) electrons. The van der Waals surface area contributed by atoms with E-state index in [1.165, 1.54) is 15.3 Å². The van der Waals surface area contributed by atoms with Crippen molar-refractivity contribution < 1.29 is 4.79 Å². The van der Waals surface area contributed by atoms with E-state index >= 15 is 0 Å². The van der Waals surface area contributed by atoms with Gasteiger partial charge in [0.25, 0.3) is 5.91 Å². The monoisotopic (exact) mass is 406 g/mol. The number of aliphatic imine (C=N–C) groups is 1. The van der Waals surface area contributed by atoms with Crippen LogP contribution in [0.3, 0.4) is 0 Å². The average molecular weight is 406 g/mol. The van der Waals surface area contributed by atoms with Gasteiger partial charge in [0.15, 0.2) is 5.17 Å². The fourth-order valence-corrected chi connectivity index (χ4v) is 3.01. The first kappa shape index (κ1) is 14.3. The summed E-state index contributed by atoms with van der Waals surface area (Å²) in [4.78, 5) is 17.0. The fraction of sp³-hybridized carbons (Fsp3) is 0. The van der Waals surface area contributed by atoms with Gasteiger partial charge in [-0.15, -0.1) is 0 Å². The molecular formula is C16H11IN2OS. The van der Waals surface area contributed by atoms with Gasteiger partial charge in [-0.3, -0.25) is 4.79 Å². The van der Waals surface area contributed by atoms with Crippen LogP contribution in [0.2, 0.25) is 0 Å². The number of carbonyl (C=O) groups is 1. The Labute approximate surface area is 140 Å². The zero-order valence-corrected chi connectivity index (χ0v) is 13.9. The molecule has 0 bridgehead atoms. The Morgan fingerprint density at radius 1 is 1.05 bits per heavy atom. The molecule has 0 saturated carbocycles. The lowest BCUT2D eigenvalue weighted by atomic mass is 10.2. The van der Waals surface area contributed by atoms with E-state index in [1.807, 2.05) is 60.7 Å². The van der Waals surface area contributed by atoms with Crippen LogP contribution < -0.4 is 5.32 Å². The zero-order valence-electron chi connectivity index (χ0n) is 10.9. The molecule has 104 valence electrons. The van der Waals surface area contributed by atoms with Crippen molar-refractivity contribution in [2.45, 2.75) is 0 Å². The van der Waals surface area contributed by atoms with Crippen molar-refractivity contribution in [1.29, 1.82) is 0 Å². The lowest BCUT2D eigenvalue weighted by molar-refractivity contribution is -0.115. The highest BCUT2D eigenvalue weighted by Gasteiger charge is 2.23. The van der Waals surface area contributed by atoms with Gasteiger partial charge in [0.1, 0.15) is 0 Å². The van der Waals surface area contributed by atoms with Crippen LogP contribution in [0.5, 0.6) is 0 Å². The van der Waals surface area contributed by atoms with Crippen LogP contribution in [0.25, 0.3) is 6.08 Å². The highest BCUT2D eigenvalue weighted by Crippen LogP contribution is 2.28. The summed E-state index contributed by atoms with van der Waals surface area (Å²) in [6.07, 6.45) is 1.88. The molecule has 3 nitrogen and oxygen atoms in total. The third kappa shape index (κ3) is 3.74. The molecule has 1 fully saturated rings. The molecule has 1 amide bonds. The second kappa shape index (κ2) is 6.44. The molecule has 0 unspecified atom stereocenters. The largest absolute Gasteiger partial charge is 0.300 e. The van der Waals surface area contributed by atoms with Gasteiger partial charge in [0, 0.05) is 3.57 Å². The lowest BCUT2D eigenvalue weighted by Gasteiger charge is -1.95. The molecule has 5 heteroatoms. The number of nitrogens with zero attached hydrogens (tertiary/aromatic N) is 1. The maximum absolute atomic E-state index is 12.0. The Morgan fingerprint density at radius 2 is 1.76 bits per heavy atom. The predicted molar refractivity (Wildman–Crippen MR) is 96.4 cm³/mol. The molecule has 2 aromatic carbocycles. The number of amidine groups is 1. The van der Waals surface area contributed by atoms with E-state index in [9.17, 15) is 4.79 Å². The number of halogens is 1. The molecule has 1 aliphatic heterocycles. The van der Waals surface area contributed by atoms with E-state index in [0.29, 0.717) is 10.1 Å². The molecule has 0 aromatic heterocycles. The average Bonchev–Trinajstić information content (AvgIpc) is 2.82. The van der Waals surface area contributed by atoms with E-state index in [0.717, 1.165) is 11.3 Å². The molecule has 21 heavy (non-hydrogen) atoms. The van der Waals surface area contributed by atoms with E-state index < -0.39 is 0 Å². The minimum atomic E-state index is -0.103. The summed E-state index contributed by atoms with van der Waals surface area (Å²) < 4.78 is 1.17. The minimum absolute atomic E-state index is 0.103. The number of hydrogen-bond acceptors (Lipinski definition) is 3. The summed E-state index contributed by atoms with van der Waals surface area (Å²) in [5.41, 5.74) is 1.84. The molecule has 1 saturated heterocycles. The third-order valence-electron chi connectivity index (χ3n) is 2.81. The zero-order chi connectivity index (χ0) is 14.7. The van der Waals surface area contributed by atoms with Crippen molar-refractivity contribution in [2.24, 2.45) is 4.99 Å². The Hall–Kier alpha value is -1.60. The molecule has 0 atom stereocenters. The number of benzene rings is 2. The van der Waals surface area contributed by atoms with Gasteiger partial charge >= 0.3 is 0 Å². The van der Waals surface area contributed by atoms with Gasteiger partial charge in [-0.2, -0.15) is 0 Å². The molecule has 1 aliphatic rings. The van der Waals surface area contributed by atoms with Crippen molar-refractivity contribution in [1.82, 2.24) is 5.32 Å². The van der Waals surface area contributed by atoms with Gasteiger partial charge in [-0.25, -0.2) is 4.99 Å². The molecule has 0 aliphatic carbocycles. The maximum atomic E-state index is 12.0. The second-order valence-electron chi connectivity index (χ2n) is 4.37. The third-order valence-corrected chi connectivity index (χ3v) is 4.43. The van der Waals surface area contributed by atoms with E-state index in [-0.39, 0.29) is 5.91 Å². The lowest BCUT2D eigenvalue weighted by Crippen LogP contribution is -2.19. The number of amides is 1. The summed E-state index contributed by atoms with van der Waals surface area (Å²) in [5.74, 6) is -0.103. The molecule has 2 aromatic rings. The second-order valence-corrected chi connectivity index (χ2v) is 6.65. The quantitative estimate of drug-likeness (QED) is 0.601. The Kier molecular flexibility index (Phi) is 4.40. The summed E-state index contributed by atoms with van der Waals surface area (Å²) in [6, 6.07) is 17.6. The van der Waals surface area contributed by atoms with Crippen LogP contribution in [0, 0.1) is 3.57 Å². The first-order valence-corrected chi connectivity index (χ1v) is 8.20. The number of carbonyl (C=O) groups excluding carboxylic acids is 1. The van der Waals surface area contributed by atoms with Crippen LogP contribution >= 0.6 is 34.4 Å². The molecule has 0 spiro atoms. The van der Waals surface area contributed by atoms with Crippen molar-refractivity contribution in [2.75, 3.05) is 0 Å². The van der Waals surface area contributed by atoms with Gasteiger partial charge in [0.2, 0.25) is 0 Å².